The third-order valence-corrected chi connectivity index (χ3v) is 3.76. The van der Waals surface area contributed by atoms with Crippen LogP contribution in [0, 0.1) is 20.8 Å². The van der Waals surface area contributed by atoms with Crippen molar-refractivity contribution in [3.63, 3.8) is 0 Å². The lowest BCUT2D eigenvalue weighted by Gasteiger charge is -2.02. The van der Waals surface area contributed by atoms with E-state index in [1.54, 1.807) is 6.92 Å². The average molecular weight is 314 g/mol. The Labute approximate surface area is 131 Å². The maximum absolute atomic E-state index is 10.3. The second-order valence-corrected chi connectivity index (χ2v) is 5.97. The summed E-state index contributed by atoms with van der Waals surface area (Å²) in [6.45, 7) is 5.61. The van der Waals surface area contributed by atoms with E-state index in [0.717, 1.165) is 16.3 Å². The number of aryl methyl sites for hydroxylation is 3. The fraction of sp³-hybridized carbons (Fsp3) is 0.214. The van der Waals surface area contributed by atoms with E-state index in [4.69, 9.17) is 0 Å². The lowest BCUT2D eigenvalue weighted by Crippen LogP contribution is -1.95. The molecule has 3 rings (SSSR count). The predicted octanol–water partition coefficient (Wildman–Crippen LogP) is 3.77. The fourth-order valence-corrected chi connectivity index (χ4v) is 2.42. The van der Waals surface area contributed by atoms with Crippen LogP contribution in [0.2, 0.25) is 0 Å². The Morgan fingerprint density at radius 2 is 1.77 bits per heavy atom. The molecule has 0 bridgehead atoms. The summed E-state index contributed by atoms with van der Waals surface area (Å²) in [6, 6.07) is 7.68. The molecule has 0 saturated carbocycles. The molecule has 0 spiro atoms. The number of hydrogen-bond acceptors (Lipinski definition) is 7. The lowest BCUT2D eigenvalue weighted by atomic mass is 10.2. The van der Waals surface area contributed by atoms with Crippen LogP contribution in [-0.4, -0.2) is 25.1 Å². The molecular weight excluding hydrogens is 300 g/mol. The molecule has 112 valence electrons. The molecule has 0 unspecified atom stereocenters. The van der Waals surface area contributed by atoms with Gasteiger partial charge in [0.05, 0.1) is 11.4 Å². The predicted molar refractivity (Wildman–Crippen MR) is 83.5 cm³/mol. The fourth-order valence-electron chi connectivity index (χ4n) is 1.91. The molecule has 2 heterocycles. The smallest absolute Gasteiger partial charge is 0.251 e. The van der Waals surface area contributed by atoms with Gasteiger partial charge in [-0.3, -0.25) is 0 Å². The lowest BCUT2D eigenvalue weighted by molar-refractivity contribution is 0.434. The Bertz CT molecular complexity index is 834. The van der Waals surface area contributed by atoms with Crippen molar-refractivity contribution in [1.29, 1.82) is 0 Å². The molecule has 3 aromatic rings. The zero-order valence-electron chi connectivity index (χ0n) is 12.3. The standard InChI is InChI=1S/C14H14N6OS/c1-8-4-6-11(7-5-8)20-13(21)12(9(2)19-20)16-18-14-17-15-10(3)22-14/h4-7,21H,1-3H3/b18-16+. The van der Waals surface area contributed by atoms with Gasteiger partial charge in [-0.25, -0.2) is 0 Å². The molecule has 0 radical (unpaired) electrons. The van der Waals surface area contributed by atoms with Gasteiger partial charge in [0.2, 0.25) is 5.88 Å². The molecule has 0 aliphatic carbocycles. The van der Waals surface area contributed by atoms with Crippen LogP contribution in [0.3, 0.4) is 0 Å². The summed E-state index contributed by atoms with van der Waals surface area (Å²) < 4.78 is 1.44. The zero-order valence-corrected chi connectivity index (χ0v) is 13.2. The molecule has 0 aliphatic rings. The Hall–Kier alpha value is -2.61. The van der Waals surface area contributed by atoms with E-state index in [1.807, 2.05) is 38.1 Å². The van der Waals surface area contributed by atoms with Gasteiger partial charge in [0.25, 0.3) is 5.13 Å². The Balaban J connectivity index is 1.96. The van der Waals surface area contributed by atoms with Crippen molar-refractivity contribution < 1.29 is 5.11 Å². The molecule has 2 aromatic heterocycles. The van der Waals surface area contributed by atoms with Crippen LogP contribution >= 0.6 is 11.3 Å². The minimum absolute atomic E-state index is 0.0497. The normalized spacial score (nSPS) is 11.4. The highest BCUT2D eigenvalue weighted by Gasteiger charge is 2.15. The van der Waals surface area contributed by atoms with E-state index in [2.05, 4.69) is 25.5 Å². The summed E-state index contributed by atoms with van der Waals surface area (Å²) >= 11 is 1.33. The Morgan fingerprint density at radius 1 is 1.05 bits per heavy atom. The number of hydrogen-bond donors (Lipinski definition) is 1. The second-order valence-electron chi connectivity index (χ2n) is 4.81. The van der Waals surface area contributed by atoms with Gasteiger partial charge >= 0.3 is 0 Å². The molecule has 22 heavy (non-hydrogen) atoms. The molecule has 0 fully saturated rings. The van der Waals surface area contributed by atoms with Crippen molar-refractivity contribution in [2.45, 2.75) is 20.8 Å². The number of aromatic nitrogens is 4. The number of benzene rings is 1. The molecule has 0 amide bonds. The van der Waals surface area contributed by atoms with Gasteiger partial charge in [0.1, 0.15) is 5.01 Å². The molecule has 7 nitrogen and oxygen atoms in total. The minimum Gasteiger partial charge on any atom is -0.492 e. The van der Waals surface area contributed by atoms with Gasteiger partial charge in [-0.05, 0) is 32.9 Å². The van der Waals surface area contributed by atoms with Gasteiger partial charge < -0.3 is 5.11 Å². The second kappa shape index (κ2) is 5.64. The van der Waals surface area contributed by atoms with Crippen LogP contribution in [0.5, 0.6) is 5.88 Å². The zero-order chi connectivity index (χ0) is 15.7. The van der Waals surface area contributed by atoms with Crippen LogP contribution in [0.1, 0.15) is 16.3 Å². The molecule has 1 N–H and O–H groups in total. The van der Waals surface area contributed by atoms with E-state index in [9.17, 15) is 5.11 Å². The average Bonchev–Trinajstić information content (AvgIpc) is 3.02. The number of rotatable bonds is 3. The summed E-state index contributed by atoms with van der Waals surface area (Å²) in [4.78, 5) is 0. The van der Waals surface area contributed by atoms with E-state index in [0.29, 0.717) is 16.5 Å². The summed E-state index contributed by atoms with van der Waals surface area (Å²) in [5.74, 6) is -0.0497. The summed E-state index contributed by atoms with van der Waals surface area (Å²) in [7, 11) is 0. The Kier molecular flexibility index (Phi) is 3.68. The summed E-state index contributed by atoms with van der Waals surface area (Å²) in [5, 5.41) is 31.7. The van der Waals surface area contributed by atoms with Gasteiger partial charge in [-0.15, -0.1) is 20.4 Å². The van der Waals surface area contributed by atoms with Crippen LogP contribution in [-0.2, 0) is 0 Å². The first-order valence-electron chi connectivity index (χ1n) is 6.62. The molecule has 0 aliphatic heterocycles. The van der Waals surface area contributed by atoms with Crippen molar-refractivity contribution in [3.05, 3.63) is 40.5 Å². The van der Waals surface area contributed by atoms with Crippen LogP contribution < -0.4 is 0 Å². The topological polar surface area (TPSA) is 88.5 Å². The Morgan fingerprint density at radius 3 is 2.41 bits per heavy atom. The van der Waals surface area contributed by atoms with Crippen LogP contribution in [0.4, 0.5) is 10.8 Å². The highest BCUT2D eigenvalue weighted by atomic mass is 32.1. The van der Waals surface area contributed by atoms with Crippen molar-refractivity contribution in [1.82, 2.24) is 20.0 Å². The van der Waals surface area contributed by atoms with E-state index in [1.165, 1.54) is 16.0 Å². The summed E-state index contributed by atoms with van der Waals surface area (Å²) in [6.07, 6.45) is 0. The number of azo groups is 1. The van der Waals surface area contributed by atoms with Crippen molar-refractivity contribution in [3.8, 4) is 11.6 Å². The first kappa shape index (κ1) is 14.3. The molecular formula is C14H14N6OS. The molecule has 8 heteroatoms. The monoisotopic (exact) mass is 314 g/mol. The van der Waals surface area contributed by atoms with Crippen molar-refractivity contribution in [2.75, 3.05) is 0 Å². The molecule has 0 atom stereocenters. The van der Waals surface area contributed by atoms with E-state index >= 15 is 0 Å². The van der Waals surface area contributed by atoms with Crippen molar-refractivity contribution >= 4 is 22.2 Å². The van der Waals surface area contributed by atoms with Crippen LogP contribution in [0.25, 0.3) is 5.69 Å². The van der Waals surface area contributed by atoms with Gasteiger partial charge in [0.15, 0.2) is 5.69 Å². The highest BCUT2D eigenvalue weighted by molar-refractivity contribution is 7.14. The van der Waals surface area contributed by atoms with Crippen LogP contribution in [0.15, 0.2) is 34.5 Å². The maximum atomic E-state index is 10.3. The quantitative estimate of drug-likeness (QED) is 0.745. The minimum atomic E-state index is -0.0497. The van der Waals surface area contributed by atoms with Gasteiger partial charge in [-0.2, -0.15) is 9.78 Å². The van der Waals surface area contributed by atoms with Gasteiger partial charge in [-0.1, -0.05) is 29.0 Å². The van der Waals surface area contributed by atoms with E-state index in [-0.39, 0.29) is 5.88 Å². The van der Waals surface area contributed by atoms with Gasteiger partial charge in [0, 0.05) is 0 Å². The third-order valence-electron chi connectivity index (χ3n) is 3.03. The third kappa shape index (κ3) is 2.73. The number of nitrogens with zero attached hydrogens (tertiary/aromatic N) is 6. The SMILES string of the molecule is Cc1ccc(-n2nc(C)c(/N=N/c3nnc(C)s3)c2O)cc1. The first-order valence-corrected chi connectivity index (χ1v) is 7.43. The number of aromatic hydroxyl groups is 1. The molecule has 1 aromatic carbocycles. The maximum Gasteiger partial charge on any atom is 0.251 e. The van der Waals surface area contributed by atoms with E-state index < -0.39 is 0 Å². The highest BCUT2D eigenvalue weighted by Crippen LogP contribution is 2.34. The molecule has 0 saturated heterocycles. The first-order chi connectivity index (χ1) is 10.5. The van der Waals surface area contributed by atoms with Crippen molar-refractivity contribution in [2.24, 2.45) is 10.2 Å². The largest absolute Gasteiger partial charge is 0.492 e. The summed E-state index contributed by atoms with van der Waals surface area (Å²) in [5.41, 5.74) is 2.81.